The van der Waals surface area contributed by atoms with Gasteiger partial charge in [0.05, 0.1) is 5.56 Å². The molecular weight excluding hydrogens is 378 g/mol. The van der Waals surface area contributed by atoms with Gasteiger partial charge in [-0.05, 0) is 49.9 Å². The van der Waals surface area contributed by atoms with Crippen molar-refractivity contribution in [3.63, 3.8) is 0 Å². The first kappa shape index (κ1) is 19.9. The van der Waals surface area contributed by atoms with E-state index in [1.807, 2.05) is 56.3 Å². The van der Waals surface area contributed by atoms with E-state index in [1.165, 1.54) is 0 Å². The first-order valence-electron chi connectivity index (χ1n) is 10.2. The molecule has 0 atom stereocenters. The van der Waals surface area contributed by atoms with E-state index < -0.39 is 11.7 Å². The Hall–Kier alpha value is -3.41. The molecule has 1 aromatic heterocycles. The summed E-state index contributed by atoms with van der Waals surface area (Å²) in [6, 6.07) is 13.3. The molecule has 2 amide bonds. The van der Waals surface area contributed by atoms with Gasteiger partial charge in [0, 0.05) is 35.9 Å². The number of nitrogens with zero attached hydrogens (tertiary/aromatic N) is 2. The van der Waals surface area contributed by atoms with E-state index in [2.05, 4.69) is 5.32 Å². The van der Waals surface area contributed by atoms with Crippen LogP contribution >= 0.6 is 0 Å². The third-order valence-electron chi connectivity index (χ3n) is 5.60. The number of aryl methyl sites for hydroxylation is 2. The van der Waals surface area contributed by atoms with Crippen molar-refractivity contribution >= 4 is 34.2 Å². The number of amides is 2. The molecule has 1 saturated heterocycles. The van der Waals surface area contributed by atoms with Crippen molar-refractivity contribution in [2.45, 2.75) is 33.2 Å². The maximum Gasteiger partial charge on any atom is 0.295 e. The van der Waals surface area contributed by atoms with Crippen LogP contribution in [0.2, 0.25) is 0 Å². The number of nitrogens with one attached hydrogen (secondary N) is 1. The predicted molar refractivity (Wildman–Crippen MR) is 117 cm³/mol. The zero-order valence-electron chi connectivity index (χ0n) is 17.3. The number of aromatic nitrogens is 1. The lowest BCUT2D eigenvalue weighted by Gasteiger charge is -2.13. The van der Waals surface area contributed by atoms with Crippen LogP contribution in [0.3, 0.4) is 0 Å². The van der Waals surface area contributed by atoms with Crippen LogP contribution in [0.15, 0.2) is 48.7 Å². The molecule has 0 saturated carbocycles. The van der Waals surface area contributed by atoms with Crippen LogP contribution in [-0.2, 0) is 16.1 Å². The number of carbonyl (C=O) groups is 3. The second kappa shape index (κ2) is 8.14. The standard InChI is InChI=1S/C24H25N3O3/c1-16-9-10-17(2)20(13-16)25-22(28)15-27-14-19(18-7-3-4-8-21(18)27)23(29)24(30)26-11-5-6-12-26/h3-4,7-10,13-14H,5-6,11-12,15H2,1-2H3,(H,25,28). The molecule has 6 nitrogen and oxygen atoms in total. The van der Waals surface area contributed by atoms with E-state index in [0.29, 0.717) is 24.0 Å². The summed E-state index contributed by atoms with van der Waals surface area (Å²) in [4.78, 5) is 39.9. The van der Waals surface area contributed by atoms with Crippen LogP contribution in [0.25, 0.3) is 10.9 Å². The van der Waals surface area contributed by atoms with Gasteiger partial charge in [-0.25, -0.2) is 0 Å². The minimum absolute atomic E-state index is 0.0546. The van der Waals surface area contributed by atoms with Gasteiger partial charge in [-0.1, -0.05) is 30.3 Å². The molecule has 2 heterocycles. The van der Waals surface area contributed by atoms with Crippen molar-refractivity contribution in [1.29, 1.82) is 0 Å². The van der Waals surface area contributed by atoms with E-state index in [-0.39, 0.29) is 12.5 Å². The maximum absolute atomic E-state index is 12.9. The maximum atomic E-state index is 12.9. The van der Waals surface area contributed by atoms with Crippen LogP contribution in [0.4, 0.5) is 5.69 Å². The lowest BCUT2D eigenvalue weighted by Crippen LogP contribution is -2.34. The number of ketones is 1. The molecule has 0 spiro atoms. The molecule has 6 heteroatoms. The molecule has 1 fully saturated rings. The summed E-state index contributed by atoms with van der Waals surface area (Å²) in [5.74, 6) is -1.16. The van der Waals surface area contributed by atoms with Crippen LogP contribution < -0.4 is 5.32 Å². The van der Waals surface area contributed by atoms with Crippen LogP contribution in [0.1, 0.15) is 34.3 Å². The van der Waals surface area contributed by atoms with Crippen molar-refractivity contribution in [2.24, 2.45) is 0 Å². The molecule has 0 unspecified atom stereocenters. The molecule has 1 aliphatic heterocycles. The average molecular weight is 403 g/mol. The molecule has 0 aliphatic carbocycles. The molecule has 1 aliphatic rings. The minimum Gasteiger partial charge on any atom is -0.337 e. The van der Waals surface area contributed by atoms with Gasteiger partial charge in [0.2, 0.25) is 5.91 Å². The summed E-state index contributed by atoms with van der Waals surface area (Å²) in [6.07, 6.45) is 3.49. The number of para-hydroxylation sites is 1. The largest absolute Gasteiger partial charge is 0.337 e. The van der Waals surface area contributed by atoms with Crippen LogP contribution in [0.5, 0.6) is 0 Å². The van der Waals surface area contributed by atoms with E-state index in [0.717, 1.165) is 35.2 Å². The smallest absolute Gasteiger partial charge is 0.295 e. The highest BCUT2D eigenvalue weighted by Crippen LogP contribution is 2.24. The SMILES string of the molecule is Cc1ccc(C)c(NC(=O)Cn2cc(C(=O)C(=O)N3CCCC3)c3ccccc32)c1. The van der Waals surface area contributed by atoms with Gasteiger partial charge in [-0.2, -0.15) is 0 Å². The molecular formula is C24H25N3O3. The fourth-order valence-corrected chi connectivity index (χ4v) is 3.95. The number of hydrogen-bond acceptors (Lipinski definition) is 3. The molecule has 154 valence electrons. The topological polar surface area (TPSA) is 71.4 Å². The van der Waals surface area contributed by atoms with Crippen molar-refractivity contribution in [2.75, 3.05) is 18.4 Å². The lowest BCUT2D eigenvalue weighted by molar-refractivity contribution is -0.125. The first-order valence-corrected chi connectivity index (χ1v) is 10.2. The third kappa shape index (κ3) is 3.85. The van der Waals surface area contributed by atoms with E-state index in [9.17, 15) is 14.4 Å². The van der Waals surface area contributed by atoms with Gasteiger partial charge in [0.1, 0.15) is 6.54 Å². The van der Waals surface area contributed by atoms with Gasteiger partial charge < -0.3 is 14.8 Å². The highest BCUT2D eigenvalue weighted by Gasteiger charge is 2.28. The number of anilines is 1. The minimum atomic E-state index is -0.512. The second-order valence-electron chi connectivity index (χ2n) is 7.88. The fourth-order valence-electron chi connectivity index (χ4n) is 3.95. The number of hydrogen-bond donors (Lipinski definition) is 1. The Morgan fingerprint density at radius 1 is 1.00 bits per heavy atom. The van der Waals surface area contributed by atoms with Crippen LogP contribution in [-0.4, -0.2) is 40.2 Å². The summed E-state index contributed by atoms with van der Waals surface area (Å²) in [5.41, 5.74) is 3.93. The third-order valence-corrected chi connectivity index (χ3v) is 5.60. The van der Waals surface area contributed by atoms with Gasteiger partial charge in [-0.3, -0.25) is 14.4 Å². The van der Waals surface area contributed by atoms with E-state index in [1.54, 1.807) is 15.7 Å². The second-order valence-corrected chi connectivity index (χ2v) is 7.88. The van der Waals surface area contributed by atoms with Gasteiger partial charge in [0.25, 0.3) is 11.7 Å². The van der Waals surface area contributed by atoms with Crippen molar-refractivity contribution < 1.29 is 14.4 Å². The van der Waals surface area contributed by atoms with Crippen LogP contribution in [0, 0.1) is 13.8 Å². The van der Waals surface area contributed by atoms with E-state index >= 15 is 0 Å². The fraction of sp³-hybridized carbons (Fsp3) is 0.292. The van der Waals surface area contributed by atoms with Gasteiger partial charge in [0.15, 0.2) is 0 Å². The molecule has 1 N–H and O–H groups in total. The Bertz CT molecular complexity index is 1140. The predicted octanol–water partition coefficient (Wildman–Crippen LogP) is 3.70. The lowest BCUT2D eigenvalue weighted by atomic mass is 10.1. The Morgan fingerprint density at radius 3 is 2.50 bits per heavy atom. The van der Waals surface area contributed by atoms with Crippen molar-refractivity contribution in [3.8, 4) is 0 Å². The van der Waals surface area contributed by atoms with Crippen molar-refractivity contribution in [1.82, 2.24) is 9.47 Å². The quantitative estimate of drug-likeness (QED) is 0.522. The zero-order valence-corrected chi connectivity index (χ0v) is 17.3. The average Bonchev–Trinajstić information content (AvgIpc) is 3.39. The molecule has 0 radical (unpaired) electrons. The summed E-state index contributed by atoms with van der Waals surface area (Å²) in [6.45, 7) is 5.23. The number of rotatable bonds is 5. The Balaban J connectivity index is 1.60. The van der Waals surface area contributed by atoms with Gasteiger partial charge in [-0.15, -0.1) is 0 Å². The Kier molecular flexibility index (Phi) is 5.40. The molecule has 2 aromatic carbocycles. The number of likely N-dealkylation sites (tertiary alicyclic amines) is 1. The summed E-state index contributed by atoms with van der Waals surface area (Å²) < 4.78 is 1.74. The highest BCUT2D eigenvalue weighted by molar-refractivity contribution is 6.44. The number of Topliss-reactive ketones (excluding diaryl/α,β-unsaturated/α-hetero) is 1. The number of benzene rings is 2. The molecule has 30 heavy (non-hydrogen) atoms. The van der Waals surface area contributed by atoms with E-state index in [4.69, 9.17) is 0 Å². The van der Waals surface area contributed by atoms with Crippen molar-refractivity contribution in [3.05, 3.63) is 65.4 Å². The number of carbonyl (C=O) groups excluding carboxylic acids is 3. The molecule has 4 rings (SSSR count). The number of fused-ring (bicyclic) bond motifs is 1. The zero-order chi connectivity index (χ0) is 21.3. The summed E-state index contributed by atoms with van der Waals surface area (Å²) in [7, 11) is 0. The van der Waals surface area contributed by atoms with Gasteiger partial charge >= 0.3 is 0 Å². The molecule has 0 bridgehead atoms. The summed E-state index contributed by atoms with van der Waals surface area (Å²) in [5, 5.41) is 3.64. The normalized spacial score (nSPS) is 13.6. The first-order chi connectivity index (χ1) is 14.4. The Morgan fingerprint density at radius 2 is 1.73 bits per heavy atom. The Labute approximate surface area is 175 Å². The monoisotopic (exact) mass is 403 g/mol. The summed E-state index contributed by atoms with van der Waals surface area (Å²) >= 11 is 0. The molecule has 3 aromatic rings. The highest BCUT2D eigenvalue weighted by atomic mass is 16.2.